The van der Waals surface area contributed by atoms with Gasteiger partial charge >= 0.3 is 5.97 Å². The molecule has 0 N–H and O–H groups in total. The molecule has 1 heterocycles. The predicted octanol–water partition coefficient (Wildman–Crippen LogP) is 1.80. The Labute approximate surface area is 78.0 Å². The third-order valence-corrected chi connectivity index (χ3v) is 1.94. The van der Waals surface area contributed by atoms with Crippen LogP contribution in [0.15, 0.2) is 23.5 Å². The van der Waals surface area contributed by atoms with Gasteiger partial charge in [0, 0.05) is 12.0 Å². The summed E-state index contributed by atoms with van der Waals surface area (Å²) in [5, 5.41) is 0. The van der Waals surface area contributed by atoms with Crippen LogP contribution < -0.4 is 0 Å². The van der Waals surface area contributed by atoms with Crippen molar-refractivity contribution in [2.24, 2.45) is 0 Å². The number of carbonyl (C=O) groups excluding carboxylic acids is 1. The van der Waals surface area contributed by atoms with Gasteiger partial charge < -0.3 is 9.47 Å². The molecule has 0 spiro atoms. The fourth-order valence-electron chi connectivity index (χ4n) is 1.22. The van der Waals surface area contributed by atoms with Crippen LogP contribution in [0.1, 0.15) is 20.3 Å². The third kappa shape index (κ3) is 2.34. The summed E-state index contributed by atoms with van der Waals surface area (Å²) in [6, 6.07) is 0. The number of methoxy groups -OCH3 is 1. The van der Waals surface area contributed by atoms with E-state index in [1.165, 1.54) is 6.26 Å². The van der Waals surface area contributed by atoms with Gasteiger partial charge in [-0.25, -0.2) is 4.79 Å². The minimum absolute atomic E-state index is 0.155. The van der Waals surface area contributed by atoms with Crippen molar-refractivity contribution in [2.45, 2.75) is 26.4 Å². The van der Waals surface area contributed by atoms with E-state index in [1.54, 1.807) is 13.2 Å². The Morgan fingerprint density at radius 1 is 1.62 bits per heavy atom. The van der Waals surface area contributed by atoms with Crippen molar-refractivity contribution in [1.29, 1.82) is 0 Å². The van der Waals surface area contributed by atoms with Crippen LogP contribution in [0.5, 0.6) is 0 Å². The predicted molar refractivity (Wildman–Crippen MR) is 49.0 cm³/mol. The average Bonchev–Trinajstić information content (AvgIpc) is 2.43. The van der Waals surface area contributed by atoms with Crippen LogP contribution in [-0.2, 0) is 14.3 Å². The first-order chi connectivity index (χ1) is 6.15. The van der Waals surface area contributed by atoms with Crippen molar-refractivity contribution in [3.8, 4) is 0 Å². The number of cyclic esters (lactones) is 1. The van der Waals surface area contributed by atoms with Gasteiger partial charge in [-0.15, -0.1) is 0 Å². The maximum atomic E-state index is 11.2. The molecule has 1 aliphatic rings. The first-order valence-electron chi connectivity index (χ1n) is 4.22. The Hall–Kier alpha value is -1.25. The van der Waals surface area contributed by atoms with E-state index in [-0.39, 0.29) is 12.1 Å². The molecule has 0 aromatic rings. The molecule has 13 heavy (non-hydrogen) atoms. The van der Waals surface area contributed by atoms with Crippen LogP contribution in [-0.4, -0.2) is 19.2 Å². The molecule has 3 heteroatoms. The van der Waals surface area contributed by atoms with Gasteiger partial charge in [-0.3, -0.25) is 0 Å². The van der Waals surface area contributed by atoms with Gasteiger partial charge in [0.1, 0.15) is 6.10 Å². The molecule has 0 amide bonds. The fraction of sp³-hybridized carbons (Fsp3) is 0.500. The van der Waals surface area contributed by atoms with Crippen LogP contribution in [0.25, 0.3) is 0 Å². The maximum Gasteiger partial charge on any atom is 0.334 e. The number of carbonyl (C=O) groups is 1. The van der Waals surface area contributed by atoms with Crippen molar-refractivity contribution in [3.05, 3.63) is 23.5 Å². The van der Waals surface area contributed by atoms with Crippen LogP contribution in [0.3, 0.4) is 0 Å². The summed E-state index contributed by atoms with van der Waals surface area (Å²) in [5.74, 6) is -0.203. The van der Waals surface area contributed by atoms with Crippen LogP contribution in [0.4, 0.5) is 0 Å². The van der Waals surface area contributed by atoms with E-state index in [0.717, 1.165) is 11.1 Å². The zero-order valence-corrected chi connectivity index (χ0v) is 8.16. The van der Waals surface area contributed by atoms with E-state index in [2.05, 4.69) is 0 Å². The molecule has 1 saturated heterocycles. The highest BCUT2D eigenvalue weighted by Crippen LogP contribution is 2.23. The van der Waals surface area contributed by atoms with E-state index >= 15 is 0 Å². The molecule has 0 bridgehead atoms. The quantitative estimate of drug-likeness (QED) is 0.371. The molecule has 1 aliphatic heterocycles. The molecule has 72 valence electrons. The fourth-order valence-corrected chi connectivity index (χ4v) is 1.22. The van der Waals surface area contributed by atoms with Gasteiger partial charge in [0.25, 0.3) is 0 Å². The summed E-state index contributed by atoms with van der Waals surface area (Å²) >= 11 is 0. The summed E-state index contributed by atoms with van der Waals surface area (Å²) < 4.78 is 9.82. The molecule has 3 nitrogen and oxygen atoms in total. The van der Waals surface area contributed by atoms with E-state index < -0.39 is 0 Å². The summed E-state index contributed by atoms with van der Waals surface area (Å²) in [6.45, 7) is 3.83. The normalized spacial score (nSPS) is 22.2. The Bertz CT molecular complexity index is 259. The molecular formula is C10H14O3. The number of ether oxygens (including phenoxy) is 2. The summed E-state index contributed by atoms with van der Waals surface area (Å²) in [6.07, 6.45) is 3.78. The Morgan fingerprint density at radius 3 is 2.77 bits per heavy atom. The van der Waals surface area contributed by atoms with Crippen LogP contribution >= 0.6 is 0 Å². The van der Waals surface area contributed by atoms with Crippen molar-refractivity contribution in [3.63, 3.8) is 0 Å². The lowest BCUT2D eigenvalue weighted by Crippen LogP contribution is -2.02. The number of allylic oxidation sites excluding steroid dienone is 1. The smallest absolute Gasteiger partial charge is 0.334 e. The second kappa shape index (κ2) is 4.12. The van der Waals surface area contributed by atoms with E-state index in [4.69, 9.17) is 9.47 Å². The zero-order valence-electron chi connectivity index (χ0n) is 8.16. The van der Waals surface area contributed by atoms with Crippen molar-refractivity contribution >= 4 is 5.97 Å². The maximum absolute atomic E-state index is 11.2. The standard InChI is InChI=1S/C10H14O3/c1-7(2)9-6-8(4-5-12-3)13-10(9)11/h4-5,8H,6H2,1-3H3/b5-4+. The zero-order chi connectivity index (χ0) is 9.84. The van der Waals surface area contributed by atoms with E-state index in [0.29, 0.717) is 6.42 Å². The molecule has 0 aliphatic carbocycles. The van der Waals surface area contributed by atoms with Gasteiger partial charge in [-0.05, 0) is 19.9 Å². The lowest BCUT2D eigenvalue weighted by Gasteiger charge is -1.99. The number of esters is 1. The van der Waals surface area contributed by atoms with Gasteiger partial charge in [0.2, 0.25) is 0 Å². The largest absolute Gasteiger partial charge is 0.505 e. The van der Waals surface area contributed by atoms with E-state index in [1.807, 2.05) is 13.8 Å². The number of hydrogen-bond donors (Lipinski definition) is 0. The summed E-state index contributed by atoms with van der Waals surface area (Å²) in [7, 11) is 1.56. The first kappa shape index (κ1) is 9.84. The monoisotopic (exact) mass is 182 g/mol. The molecule has 1 atom stereocenters. The molecular weight excluding hydrogens is 168 g/mol. The summed E-state index contributed by atoms with van der Waals surface area (Å²) in [4.78, 5) is 11.2. The molecule has 0 aromatic heterocycles. The minimum atomic E-state index is -0.203. The first-order valence-corrected chi connectivity index (χ1v) is 4.22. The average molecular weight is 182 g/mol. The lowest BCUT2D eigenvalue weighted by atomic mass is 10.1. The van der Waals surface area contributed by atoms with Crippen molar-refractivity contribution in [2.75, 3.05) is 7.11 Å². The lowest BCUT2D eigenvalue weighted by molar-refractivity contribution is -0.137. The molecule has 1 rings (SSSR count). The Balaban J connectivity index is 2.66. The van der Waals surface area contributed by atoms with Gasteiger partial charge in [0.15, 0.2) is 0 Å². The topological polar surface area (TPSA) is 35.5 Å². The van der Waals surface area contributed by atoms with Crippen LogP contribution in [0, 0.1) is 0 Å². The Morgan fingerprint density at radius 2 is 2.31 bits per heavy atom. The highest BCUT2D eigenvalue weighted by Gasteiger charge is 2.27. The minimum Gasteiger partial charge on any atom is -0.505 e. The highest BCUT2D eigenvalue weighted by molar-refractivity contribution is 5.91. The van der Waals surface area contributed by atoms with Crippen LogP contribution in [0.2, 0.25) is 0 Å². The number of rotatable bonds is 2. The van der Waals surface area contributed by atoms with Crippen molar-refractivity contribution < 1.29 is 14.3 Å². The van der Waals surface area contributed by atoms with Gasteiger partial charge in [0.05, 0.1) is 13.4 Å². The summed E-state index contributed by atoms with van der Waals surface area (Å²) in [5.41, 5.74) is 1.81. The SMILES string of the molecule is CO/C=C/C1CC(=C(C)C)C(=O)O1. The second-order valence-electron chi connectivity index (χ2n) is 3.19. The molecule has 0 aromatic carbocycles. The highest BCUT2D eigenvalue weighted by atomic mass is 16.5. The number of hydrogen-bond acceptors (Lipinski definition) is 3. The van der Waals surface area contributed by atoms with E-state index in [9.17, 15) is 4.79 Å². The molecule has 1 unspecified atom stereocenters. The molecule has 0 saturated carbocycles. The third-order valence-electron chi connectivity index (χ3n) is 1.94. The second-order valence-corrected chi connectivity index (χ2v) is 3.19. The van der Waals surface area contributed by atoms with Crippen molar-refractivity contribution in [1.82, 2.24) is 0 Å². The van der Waals surface area contributed by atoms with Gasteiger partial charge in [-0.1, -0.05) is 5.57 Å². The molecule has 0 radical (unpaired) electrons. The Kier molecular flexibility index (Phi) is 3.12. The van der Waals surface area contributed by atoms with Gasteiger partial charge in [-0.2, -0.15) is 0 Å². The molecule has 1 fully saturated rings.